The number of hydrogen-bond donors (Lipinski definition) is 1. The first-order chi connectivity index (χ1) is 14.0. The molecule has 0 aromatic heterocycles. The molecular formula is C22H27F2NO4. The minimum Gasteiger partial charge on any atom is -0.497 e. The monoisotopic (exact) mass is 407 g/mol. The number of benzene rings is 2. The fraction of sp³-hybridized carbons (Fsp3) is 0.455. The molecule has 29 heavy (non-hydrogen) atoms. The highest BCUT2D eigenvalue weighted by molar-refractivity contribution is 5.31. The second kappa shape index (κ2) is 10.5. The van der Waals surface area contributed by atoms with Crippen LogP contribution >= 0.6 is 0 Å². The summed E-state index contributed by atoms with van der Waals surface area (Å²) in [6.07, 6.45) is 1.20. The average molecular weight is 407 g/mol. The molecule has 0 aliphatic carbocycles. The third kappa shape index (κ3) is 6.66. The van der Waals surface area contributed by atoms with Gasteiger partial charge in [0.2, 0.25) is 0 Å². The molecule has 0 saturated carbocycles. The third-order valence-electron chi connectivity index (χ3n) is 4.87. The van der Waals surface area contributed by atoms with Crippen LogP contribution < -0.4 is 9.47 Å². The van der Waals surface area contributed by atoms with Gasteiger partial charge in [0.05, 0.1) is 13.2 Å². The van der Waals surface area contributed by atoms with E-state index in [1.807, 2.05) is 4.90 Å². The molecule has 1 aliphatic heterocycles. The van der Waals surface area contributed by atoms with Crippen LogP contribution in [0, 0.1) is 11.6 Å². The Labute approximate surface area is 169 Å². The molecular weight excluding hydrogens is 380 g/mol. The van der Waals surface area contributed by atoms with E-state index in [1.165, 1.54) is 12.1 Å². The molecule has 0 unspecified atom stereocenters. The molecule has 2 atom stereocenters. The van der Waals surface area contributed by atoms with Crippen LogP contribution in [0.1, 0.15) is 18.4 Å². The smallest absolute Gasteiger partial charge is 0.130 e. The SMILES string of the molecule is COc1ccc(OC[C@H](O)CN(Cc2ccc(F)cc2F)C[C@H]2CCCO2)cc1. The van der Waals surface area contributed by atoms with Crippen molar-refractivity contribution in [2.45, 2.75) is 31.6 Å². The van der Waals surface area contributed by atoms with E-state index in [0.717, 1.165) is 24.7 Å². The van der Waals surface area contributed by atoms with Gasteiger partial charge < -0.3 is 19.3 Å². The lowest BCUT2D eigenvalue weighted by molar-refractivity contribution is 0.0309. The van der Waals surface area contributed by atoms with Gasteiger partial charge in [-0.05, 0) is 43.2 Å². The number of nitrogens with zero attached hydrogens (tertiary/aromatic N) is 1. The number of aliphatic hydroxyl groups excluding tert-OH is 1. The average Bonchev–Trinajstić information content (AvgIpc) is 3.22. The number of ether oxygens (including phenoxy) is 3. The van der Waals surface area contributed by atoms with Crippen molar-refractivity contribution < 1.29 is 28.1 Å². The molecule has 7 heteroatoms. The lowest BCUT2D eigenvalue weighted by Gasteiger charge is -2.27. The second-order valence-electron chi connectivity index (χ2n) is 7.21. The molecule has 3 rings (SSSR count). The van der Waals surface area contributed by atoms with Crippen LogP contribution in [0.5, 0.6) is 11.5 Å². The van der Waals surface area contributed by atoms with Crippen LogP contribution in [0.15, 0.2) is 42.5 Å². The highest BCUT2D eigenvalue weighted by atomic mass is 19.1. The summed E-state index contributed by atoms with van der Waals surface area (Å²) in [4.78, 5) is 1.92. The summed E-state index contributed by atoms with van der Waals surface area (Å²) in [5, 5.41) is 10.5. The highest BCUT2D eigenvalue weighted by Crippen LogP contribution is 2.19. The zero-order valence-electron chi connectivity index (χ0n) is 16.5. The molecule has 1 aliphatic rings. The highest BCUT2D eigenvalue weighted by Gasteiger charge is 2.22. The Hall–Kier alpha value is -2.22. The number of rotatable bonds is 10. The van der Waals surface area contributed by atoms with Gasteiger partial charge in [-0.25, -0.2) is 8.78 Å². The molecule has 1 N–H and O–H groups in total. The van der Waals surface area contributed by atoms with Gasteiger partial charge in [-0.1, -0.05) is 6.07 Å². The maximum Gasteiger partial charge on any atom is 0.130 e. The minimum absolute atomic E-state index is 0.0493. The largest absolute Gasteiger partial charge is 0.497 e. The number of aliphatic hydroxyl groups is 1. The van der Waals surface area contributed by atoms with E-state index in [1.54, 1.807) is 31.4 Å². The van der Waals surface area contributed by atoms with Crippen LogP contribution in [0.25, 0.3) is 0 Å². The van der Waals surface area contributed by atoms with Gasteiger partial charge in [0.15, 0.2) is 0 Å². The Bertz CT molecular complexity index is 766. The van der Waals surface area contributed by atoms with Crippen molar-refractivity contribution in [1.29, 1.82) is 0 Å². The first-order valence-corrected chi connectivity index (χ1v) is 9.76. The Morgan fingerprint density at radius 2 is 1.93 bits per heavy atom. The third-order valence-corrected chi connectivity index (χ3v) is 4.87. The molecule has 0 amide bonds. The molecule has 1 saturated heterocycles. The zero-order valence-corrected chi connectivity index (χ0v) is 16.5. The van der Waals surface area contributed by atoms with Gasteiger partial charge in [-0.3, -0.25) is 4.90 Å². The Morgan fingerprint density at radius 3 is 2.59 bits per heavy atom. The fourth-order valence-electron chi connectivity index (χ4n) is 3.39. The summed E-state index contributed by atoms with van der Waals surface area (Å²) in [5.74, 6) is 0.151. The molecule has 1 fully saturated rings. The van der Waals surface area contributed by atoms with E-state index in [2.05, 4.69) is 0 Å². The Kier molecular flexibility index (Phi) is 7.80. The maximum atomic E-state index is 14.1. The normalized spacial score (nSPS) is 17.5. The molecule has 5 nitrogen and oxygen atoms in total. The molecule has 2 aromatic carbocycles. The second-order valence-corrected chi connectivity index (χ2v) is 7.21. The van der Waals surface area contributed by atoms with E-state index >= 15 is 0 Å². The van der Waals surface area contributed by atoms with Gasteiger partial charge in [0.1, 0.15) is 35.8 Å². The van der Waals surface area contributed by atoms with E-state index in [-0.39, 0.29) is 25.8 Å². The summed E-state index contributed by atoms with van der Waals surface area (Å²) in [6, 6.07) is 10.7. The summed E-state index contributed by atoms with van der Waals surface area (Å²) < 4.78 is 43.7. The number of halogens is 2. The number of methoxy groups -OCH3 is 1. The van der Waals surface area contributed by atoms with Gasteiger partial charge in [0, 0.05) is 37.9 Å². The summed E-state index contributed by atoms with van der Waals surface area (Å²) >= 11 is 0. The van der Waals surface area contributed by atoms with Gasteiger partial charge in [-0.15, -0.1) is 0 Å². The van der Waals surface area contributed by atoms with Crippen molar-refractivity contribution in [2.75, 3.05) is 33.4 Å². The van der Waals surface area contributed by atoms with E-state index in [9.17, 15) is 13.9 Å². The van der Waals surface area contributed by atoms with Crippen molar-refractivity contribution >= 4 is 0 Å². The molecule has 1 heterocycles. The van der Waals surface area contributed by atoms with Crippen LogP contribution in [-0.4, -0.2) is 55.6 Å². The molecule has 2 aromatic rings. The van der Waals surface area contributed by atoms with Crippen LogP contribution in [0.3, 0.4) is 0 Å². The minimum atomic E-state index is -0.776. The first-order valence-electron chi connectivity index (χ1n) is 9.76. The van der Waals surface area contributed by atoms with Gasteiger partial charge in [-0.2, -0.15) is 0 Å². The molecule has 0 spiro atoms. The summed E-state index contributed by atoms with van der Waals surface area (Å²) in [5.41, 5.74) is 0.382. The van der Waals surface area contributed by atoms with E-state index in [4.69, 9.17) is 14.2 Å². The lowest BCUT2D eigenvalue weighted by atomic mass is 10.1. The van der Waals surface area contributed by atoms with Crippen molar-refractivity contribution in [2.24, 2.45) is 0 Å². The predicted molar refractivity (Wildman–Crippen MR) is 105 cm³/mol. The zero-order chi connectivity index (χ0) is 20.6. The number of hydrogen-bond acceptors (Lipinski definition) is 5. The topological polar surface area (TPSA) is 51.2 Å². The summed E-state index contributed by atoms with van der Waals surface area (Å²) in [7, 11) is 1.59. The quantitative estimate of drug-likeness (QED) is 0.654. The summed E-state index contributed by atoms with van der Waals surface area (Å²) in [6.45, 7) is 1.92. The van der Waals surface area contributed by atoms with Crippen LogP contribution in [-0.2, 0) is 11.3 Å². The standard InChI is InChI=1S/C22H27F2NO4/c1-27-19-6-8-20(9-7-19)29-15-18(26)13-25(14-21-3-2-10-28-21)12-16-4-5-17(23)11-22(16)24/h4-9,11,18,21,26H,2-3,10,12-15H2,1H3/t18-,21-/m1/s1. The van der Waals surface area contributed by atoms with Crippen molar-refractivity contribution in [3.63, 3.8) is 0 Å². The van der Waals surface area contributed by atoms with E-state index < -0.39 is 17.7 Å². The van der Waals surface area contributed by atoms with Crippen LogP contribution in [0.2, 0.25) is 0 Å². The fourth-order valence-corrected chi connectivity index (χ4v) is 3.39. The van der Waals surface area contributed by atoms with Crippen molar-refractivity contribution in [1.82, 2.24) is 4.90 Å². The Morgan fingerprint density at radius 1 is 1.17 bits per heavy atom. The lowest BCUT2D eigenvalue weighted by Crippen LogP contribution is -2.39. The van der Waals surface area contributed by atoms with Gasteiger partial charge >= 0.3 is 0 Å². The molecule has 0 radical (unpaired) electrons. The maximum absolute atomic E-state index is 14.1. The van der Waals surface area contributed by atoms with Crippen LogP contribution in [0.4, 0.5) is 8.78 Å². The molecule has 158 valence electrons. The van der Waals surface area contributed by atoms with Gasteiger partial charge in [0.25, 0.3) is 0 Å². The first kappa shape index (κ1) is 21.5. The predicted octanol–water partition coefficient (Wildman–Crippen LogP) is 3.39. The molecule has 0 bridgehead atoms. The van der Waals surface area contributed by atoms with Crippen molar-refractivity contribution in [3.8, 4) is 11.5 Å². The van der Waals surface area contributed by atoms with Crippen molar-refractivity contribution in [3.05, 3.63) is 59.7 Å². The van der Waals surface area contributed by atoms with E-state index in [0.29, 0.717) is 24.5 Å². The Balaban J connectivity index is 1.58.